The topological polar surface area (TPSA) is 88.1 Å². The van der Waals surface area contributed by atoms with Crippen molar-refractivity contribution in [3.8, 4) is 0 Å². The lowest BCUT2D eigenvalue weighted by atomic mass is 10.1. The first kappa shape index (κ1) is 18.2. The highest BCUT2D eigenvalue weighted by Gasteiger charge is 2.54. The fourth-order valence-corrected chi connectivity index (χ4v) is 1.97. The molecule has 1 aliphatic heterocycles. The maximum Gasteiger partial charge on any atom is 0.428 e. The summed E-state index contributed by atoms with van der Waals surface area (Å²) in [5, 5.41) is 0. The van der Waals surface area contributed by atoms with Crippen LogP contribution in [0.5, 0.6) is 0 Å². The Morgan fingerprint density at radius 2 is 1.59 bits per heavy atom. The zero-order valence-corrected chi connectivity index (χ0v) is 12.0. The Balaban J connectivity index is 2.91. The number of hydrogen-bond acceptors (Lipinski definition) is 7. The van der Waals surface area contributed by atoms with Crippen molar-refractivity contribution in [3.05, 3.63) is 0 Å². The number of rotatable bonds is 4. The molecule has 0 saturated carbocycles. The van der Waals surface area contributed by atoms with Gasteiger partial charge in [0, 0.05) is 27.2 Å². The van der Waals surface area contributed by atoms with Crippen LogP contribution in [0.3, 0.4) is 0 Å². The number of carbonyl (C=O) groups is 3. The molecule has 1 saturated heterocycles. The smallest absolute Gasteiger partial charge is 0.428 e. The van der Waals surface area contributed by atoms with Crippen LogP contribution in [0.4, 0.5) is 13.2 Å². The molecular formula is C12H15F3O7. The predicted octanol–water partition coefficient (Wildman–Crippen LogP) is 1.09. The number of alkyl halides is 3. The molecule has 0 aromatic heterocycles. The highest BCUT2D eigenvalue weighted by molar-refractivity contribution is 5.67. The third-order valence-corrected chi connectivity index (χ3v) is 2.63. The minimum absolute atomic E-state index is 0.436. The molecule has 0 N–H and O–H groups in total. The Labute approximate surface area is 123 Å². The molecule has 0 aromatic carbocycles. The van der Waals surface area contributed by atoms with Gasteiger partial charge in [-0.25, -0.2) is 0 Å². The van der Waals surface area contributed by atoms with Gasteiger partial charge in [-0.2, -0.15) is 13.2 Å². The number of esters is 3. The summed E-state index contributed by atoms with van der Waals surface area (Å²) in [6.45, 7) is 2.89. The summed E-state index contributed by atoms with van der Waals surface area (Å²) in [5.74, 6) is -2.74. The van der Waals surface area contributed by atoms with Gasteiger partial charge in [0.15, 0.2) is 6.10 Å². The van der Waals surface area contributed by atoms with E-state index >= 15 is 0 Å². The molecule has 126 valence electrons. The van der Waals surface area contributed by atoms with Gasteiger partial charge < -0.3 is 18.9 Å². The summed E-state index contributed by atoms with van der Waals surface area (Å²) in [7, 11) is 0. The highest BCUT2D eigenvalue weighted by Crippen LogP contribution is 2.35. The minimum Gasteiger partial charge on any atom is -0.456 e. The summed E-state index contributed by atoms with van der Waals surface area (Å²) < 4.78 is 57.5. The lowest BCUT2D eigenvalue weighted by Crippen LogP contribution is -2.43. The van der Waals surface area contributed by atoms with Gasteiger partial charge in [0.05, 0.1) is 0 Å². The van der Waals surface area contributed by atoms with Gasteiger partial charge in [-0.3, -0.25) is 14.4 Å². The summed E-state index contributed by atoms with van der Waals surface area (Å²) in [4.78, 5) is 32.7. The largest absolute Gasteiger partial charge is 0.456 e. The van der Waals surface area contributed by atoms with E-state index in [2.05, 4.69) is 9.47 Å². The molecule has 0 aromatic rings. The second kappa shape index (κ2) is 6.95. The van der Waals surface area contributed by atoms with E-state index in [4.69, 9.17) is 9.47 Å². The second-order valence-corrected chi connectivity index (χ2v) is 4.61. The molecule has 0 amide bonds. The first-order valence-corrected chi connectivity index (χ1v) is 6.24. The number of halogens is 3. The van der Waals surface area contributed by atoms with Crippen LogP contribution < -0.4 is 0 Å². The van der Waals surface area contributed by atoms with E-state index < -0.39 is 55.1 Å². The lowest BCUT2D eigenvalue weighted by Gasteiger charge is -2.24. The van der Waals surface area contributed by atoms with E-state index in [1.807, 2.05) is 0 Å². The molecular weight excluding hydrogens is 313 g/mol. The van der Waals surface area contributed by atoms with Crippen LogP contribution in [-0.4, -0.2) is 48.7 Å². The molecule has 4 atom stereocenters. The summed E-state index contributed by atoms with van der Waals surface area (Å²) in [6, 6.07) is 0. The SMILES string of the molecule is CC(=O)OC1CC(C(OC(C)=O)C(F)(F)F)O[C@H]1OC(C)=O. The average molecular weight is 328 g/mol. The summed E-state index contributed by atoms with van der Waals surface area (Å²) in [5.41, 5.74) is 0. The fraction of sp³-hybridized carbons (Fsp3) is 0.750. The third kappa shape index (κ3) is 5.17. The van der Waals surface area contributed by atoms with Crippen molar-refractivity contribution in [2.45, 2.75) is 58.0 Å². The lowest BCUT2D eigenvalue weighted by molar-refractivity contribution is -0.256. The summed E-state index contributed by atoms with van der Waals surface area (Å²) in [6.07, 6.45) is -12.2. The molecule has 1 fully saturated rings. The third-order valence-electron chi connectivity index (χ3n) is 2.63. The molecule has 1 aliphatic rings. The second-order valence-electron chi connectivity index (χ2n) is 4.61. The predicted molar refractivity (Wildman–Crippen MR) is 62.2 cm³/mol. The quantitative estimate of drug-likeness (QED) is 0.564. The van der Waals surface area contributed by atoms with Gasteiger partial charge in [0.1, 0.15) is 6.10 Å². The summed E-state index contributed by atoms with van der Waals surface area (Å²) >= 11 is 0. The molecule has 1 heterocycles. The standard InChI is InChI=1S/C12H15F3O7/c1-5(16)19-9-4-8(22-11(9)21-7(3)18)10(12(13,14)15)20-6(2)17/h8-11H,4H2,1-3H3/t8?,9?,10?,11-/m1/s1. The van der Waals surface area contributed by atoms with Crippen molar-refractivity contribution in [1.29, 1.82) is 0 Å². The first-order valence-electron chi connectivity index (χ1n) is 6.24. The van der Waals surface area contributed by atoms with Gasteiger partial charge >= 0.3 is 24.1 Å². The van der Waals surface area contributed by atoms with Crippen molar-refractivity contribution in [3.63, 3.8) is 0 Å². The van der Waals surface area contributed by atoms with E-state index in [0.717, 1.165) is 20.8 Å². The number of ether oxygens (including phenoxy) is 4. The Morgan fingerprint density at radius 1 is 1.05 bits per heavy atom. The normalized spacial score (nSPS) is 26.2. The van der Waals surface area contributed by atoms with E-state index in [0.29, 0.717) is 0 Å². The van der Waals surface area contributed by atoms with E-state index in [1.165, 1.54) is 0 Å². The van der Waals surface area contributed by atoms with Crippen LogP contribution in [0.1, 0.15) is 27.2 Å². The zero-order chi connectivity index (χ0) is 17.1. The van der Waals surface area contributed by atoms with E-state index in [-0.39, 0.29) is 0 Å². The molecule has 7 nitrogen and oxygen atoms in total. The Hall–Kier alpha value is -1.84. The van der Waals surface area contributed by atoms with Crippen LogP contribution in [0, 0.1) is 0 Å². The van der Waals surface area contributed by atoms with Crippen LogP contribution in [0.15, 0.2) is 0 Å². The van der Waals surface area contributed by atoms with E-state index in [9.17, 15) is 27.6 Å². The van der Waals surface area contributed by atoms with Crippen molar-refractivity contribution in [2.24, 2.45) is 0 Å². The van der Waals surface area contributed by atoms with Crippen LogP contribution in [0.2, 0.25) is 0 Å². The molecule has 0 spiro atoms. The maximum absolute atomic E-state index is 12.9. The highest BCUT2D eigenvalue weighted by atomic mass is 19.4. The van der Waals surface area contributed by atoms with Crippen LogP contribution in [-0.2, 0) is 33.3 Å². The van der Waals surface area contributed by atoms with E-state index in [1.54, 1.807) is 0 Å². The molecule has 1 rings (SSSR count). The molecule has 10 heteroatoms. The average Bonchev–Trinajstić information content (AvgIpc) is 2.65. The molecule has 22 heavy (non-hydrogen) atoms. The van der Waals surface area contributed by atoms with Gasteiger partial charge in [-0.15, -0.1) is 0 Å². The molecule has 0 bridgehead atoms. The first-order chi connectivity index (χ1) is 10.0. The van der Waals surface area contributed by atoms with Crippen molar-refractivity contribution < 1.29 is 46.5 Å². The molecule has 0 aliphatic carbocycles. The van der Waals surface area contributed by atoms with Gasteiger partial charge in [0.2, 0.25) is 12.4 Å². The zero-order valence-electron chi connectivity index (χ0n) is 12.0. The fourth-order valence-electron chi connectivity index (χ4n) is 1.97. The van der Waals surface area contributed by atoms with Gasteiger partial charge in [-0.05, 0) is 0 Å². The molecule has 3 unspecified atom stereocenters. The number of hydrogen-bond donors (Lipinski definition) is 0. The monoisotopic (exact) mass is 328 g/mol. The van der Waals surface area contributed by atoms with Crippen LogP contribution >= 0.6 is 0 Å². The minimum atomic E-state index is -4.89. The Kier molecular flexibility index (Phi) is 5.75. The van der Waals surface area contributed by atoms with Crippen molar-refractivity contribution >= 4 is 17.9 Å². The van der Waals surface area contributed by atoms with Gasteiger partial charge in [-0.1, -0.05) is 0 Å². The Morgan fingerprint density at radius 3 is 2.00 bits per heavy atom. The van der Waals surface area contributed by atoms with Crippen LogP contribution in [0.25, 0.3) is 0 Å². The number of carbonyl (C=O) groups excluding carboxylic acids is 3. The van der Waals surface area contributed by atoms with Crippen molar-refractivity contribution in [2.75, 3.05) is 0 Å². The van der Waals surface area contributed by atoms with Gasteiger partial charge in [0.25, 0.3) is 0 Å². The molecule has 0 radical (unpaired) electrons. The van der Waals surface area contributed by atoms with Crippen molar-refractivity contribution in [1.82, 2.24) is 0 Å². The maximum atomic E-state index is 12.9. The Bertz CT molecular complexity index is 424.